The molecule has 182 valence electrons. The Morgan fingerprint density at radius 3 is 2.60 bits per heavy atom. The first-order valence-corrected chi connectivity index (χ1v) is 11.2. The van der Waals surface area contributed by atoms with E-state index in [0.29, 0.717) is 39.1 Å². The second kappa shape index (κ2) is 8.81. The highest BCUT2D eigenvalue weighted by molar-refractivity contribution is 6.31. The molecule has 35 heavy (non-hydrogen) atoms. The average Bonchev–Trinajstić information content (AvgIpc) is 3.05. The van der Waals surface area contributed by atoms with Crippen molar-refractivity contribution >= 4 is 23.3 Å². The van der Waals surface area contributed by atoms with Crippen LogP contribution in [0.4, 0.5) is 4.39 Å². The zero-order chi connectivity index (χ0) is 25.0. The van der Waals surface area contributed by atoms with Crippen LogP contribution < -0.4 is 4.57 Å². The van der Waals surface area contributed by atoms with Crippen LogP contribution in [0.2, 0.25) is 5.02 Å². The number of aromatic nitrogens is 2. The number of nitrogens with zero attached hydrogens (tertiary/aromatic N) is 3. The van der Waals surface area contributed by atoms with Crippen molar-refractivity contribution in [2.75, 3.05) is 0 Å². The first-order valence-electron chi connectivity index (χ1n) is 10.8. The van der Waals surface area contributed by atoms with Gasteiger partial charge in [0.15, 0.2) is 11.8 Å². The molecule has 1 saturated heterocycles. The molecule has 9 nitrogen and oxygen atoms in total. The van der Waals surface area contributed by atoms with Gasteiger partial charge in [-0.15, -0.1) is 0 Å². The molecule has 3 heterocycles. The number of halogens is 2. The number of fused-ring (bicyclic) bond motifs is 3. The number of aliphatic hydroxyl groups excluding tert-OH is 3. The smallest absolute Gasteiger partial charge is 0.335 e. The Morgan fingerprint density at radius 1 is 1.14 bits per heavy atom. The Labute approximate surface area is 203 Å². The van der Waals surface area contributed by atoms with Crippen LogP contribution in [0.25, 0.3) is 5.69 Å². The van der Waals surface area contributed by atoms with E-state index < -0.39 is 42.4 Å². The van der Waals surface area contributed by atoms with Gasteiger partial charge in [-0.25, -0.2) is 13.8 Å². The van der Waals surface area contributed by atoms with E-state index in [4.69, 9.17) is 16.3 Å². The summed E-state index contributed by atoms with van der Waals surface area (Å²) in [4.78, 5) is 16.2. The molecule has 1 unspecified atom stereocenters. The molecule has 4 N–H and O–H groups in total. The van der Waals surface area contributed by atoms with E-state index in [1.165, 1.54) is 10.6 Å². The lowest BCUT2D eigenvalue weighted by Crippen LogP contribution is -2.63. The van der Waals surface area contributed by atoms with Crippen LogP contribution in [0.15, 0.2) is 53.7 Å². The number of carboxylic acids is 1. The maximum absolute atomic E-state index is 14.7. The van der Waals surface area contributed by atoms with Crippen LogP contribution in [0.3, 0.4) is 0 Å². The summed E-state index contributed by atoms with van der Waals surface area (Å²) in [5, 5.41) is 40.8. The molecular weight excluding hydrogens is 481 g/mol. The lowest BCUT2D eigenvalue weighted by Gasteiger charge is -2.37. The highest BCUT2D eigenvalue weighted by Gasteiger charge is 2.50. The Kier molecular flexibility index (Phi) is 5.94. The molecule has 0 spiro atoms. The summed E-state index contributed by atoms with van der Waals surface area (Å²) in [5.74, 6) is -1.38. The van der Waals surface area contributed by atoms with Gasteiger partial charge in [0.2, 0.25) is 6.23 Å². The Balaban J connectivity index is 1.65. The topological polar surface area (TPSA) is 128 Å². The number of hydrogen-bond donors (Lipinski definition) is 4. The van der Waals surface area contributed by atoms with E-state index in [0.717, 1.165) is 0 Å². The predicted molar refractivity (Wildman–Crippen MR) is 121 cm³/mol. The number of ether oxygens (including phenoxy) is 1. The minimum absolute atomic E-state index is 0.125. The van der Waals surface area contributed by atoms with Crippen molar-refractivity contribution in [3.05, 3.63) is 82.1 Å². The van der Waals surface area contributed by atoms with Crippen molar-refractivity contribution in [1.29, 1.82) is 0 Å². The molecule has 1 fully saturated rings. The van der Waals surface area contributed by atoms with E-state index in [9.17, 15) is 29.6 Å². The van der Waals surface area contributed by atoms with Crippen LogP contribution in [-0.4, -0.2) is 61.1 Å². The second-order valence-corrected chi connectivity index (χ2v) is 8.91. The standard InChI is InChI=1S/C24H21ClFN3O6/c1-11-28(23-21(32)19(30)20(31)22(35-23)24(33)34)10-13-9-27-18(14-4-2-3-5-16(14)26)15-8-12(25)6-7-17(15)29(11)13/h2-8,10,19-23,30-32H,9H2,1H3/p+1/t19-,20-,21+,22-,23?/m0/s1. The number of imidazole rings is 1. The van der Waals surface area contributed by atoms with Gasteiger partial charge < -0.3 is 25.2 Å². The first-order chi connectivity index (χ1) is 16.7. The number of carboxylic acid groups (broad SMARTS) is 1. The fraction of sp³-hybridized carbons (Fsp3) is 0.292. The fourth-order valence-electron chi connectivity index (χ4n) is 4.65. The van der Waals surface area contributed by atoms with Gasteiger partial charge in [0, 0.05) is 23.1 Å². The summed E-state index contributed by atoms with van der Waals surface area (Å²) in [6.45, 7) is 1.85. The van der Waals surface area contributed by atoms with Gasteiger partial charge in [-0.3, -0.25) is 4.99 Å². The third-order valence-electron chi connectivity index (χ3n) is 6.36. The Morgan fingerprint density at radius 2 is 1.89 bits per heavy atom. The quantitative estimate of drug-likeness (QED) is 0.399. The lowest BCUT2D eigenvalue weighted by atomic mass is 9.98. The molecule has 1 aromatic heterocycles. The van der Waals surface area contributed by atoms with Gasteiger partial charge >= 0.3 is 5.97 Å². The summed E-state index contributed by atoms with van der Waals surface area (Å²) in [7, 11) is 0. The number of carbonyl (C=O) groups is 1. The molecule has 2 aromatic carbocycles. The van der Waals surface area contributed by atoms with Gasteiger partial charge in [-0.2, -0.15) is 4.57 Å². The zero-order valence-corrected chi connectivity index (χ0v) is 19.2. The molecule has 0 aliphatic carbocycles. The van der Waals surface area contributed by atoms with Gasteiger partial charge in [0.1, 0.15) is 42.6 Å². The number of aliphatic hydroxyl groups is 3. The van der Waals surface area contributed by atoms with Crippen molar-refractivity contribution in [2.45, 2.75) is 44.1 Å². The summed E-state index contributed by atoms with van der Waals surface area (Å²) >= 11 is 6.29. The maximum atomic E-state index is 14.7. The third kappa shape index (κ3) is 3.83. The second-order valence-electron chi connectivity index (χ2n) is 8.47. The molecule has 0 radical (unpaired) electrons. The summed E-state index contributed by atoms with van der Waals surface area (Å²) in [6, 6.07) is 11.4. The molecule has 0 saturated carbocycles. The van der Waals surface area contributed by atoms with E-state index in [2.05, 4.69) is 4.99 Å². The largest absolute Gasteiger partial charge is 0.479 e. The first kappa shape index (κ1) is 23.6. The molecule has 2 aliphatic heterocycles. The normalized spacial score (nSPS) is 25.9. The molecule has 11 heteroatoms. The predicted octanol–water partition coefficient (Wildman–Crippen LogP) is 1.28. The highest BCUT2D eigenvalue weighted by atomic mass is 35.5. The van der Waals surface area contributed by atoms with Crippen LogP contribution in [0.1, 0.15) is 28.9 Å². The molecule has 0 amide bonds. The molecule has 2 aliphatic rings. The third-order valence-corrected chi connectivity index (χ3v) is 6.60. The van der Waals surface area contributed by atoms with E-state index in [1.54, 1.807) is 49.5 Å². The van der Waals surface area contributed by atoms with E-state index in [-0.39, 0.29) is 6.54 Å². The van der Waals surface area contributed by atoms with Crippen molar-refractivity contribution in [2.24, 2.45) is 4.99 Å². The van der Waals surface area contributed by atoms with Gasteiger partial charge in [-0.05, 0) is 30.3 Å². The van der Waals surface area contributed by atoms with Crippen LogP contribution in [0.5, 0.6) is 0 Å². The van der Waals surface area contributed by atoms with E-state index >= 15 is 0 Å². The highest BCUT2D eigenvalue weighted by Crippen LogP contribution is 2.31. The number of hydrogen-bond acceptors (Lipinski definition) is 6. The monoisotopic (exact) mass is 502 g/mol. The number of benzene rings is 2. The lowest BCUT2D eigenvalue weighted by molar-refractivity contribution is -0.781. The van der Waals surface area contributed by atoms with Crippen molar-refractivity contribution in [3.63, 3.8) is 0 Å². The average molecular weight is 503 g/mol. The summed E-state index contributed by atoms with van der Waals surface area (Å²) in [5.41, 5.74) is 2.60. The van der Waals surface area contributed by atoms with Crippen molar-refractivity contribution in [3.8, 4) is 5.69 Å². The summed E-state index contributed by atoms with van der Waals surface area (Å²) in [6.07, 6.45) is -6.53. The Hall–Kier alpha value is -3.15. The van der Waals surface area contributed by atoms with E-state index in [1.807, 2.05) is 4.57 Å². The SMILES string of the molecule is Cc1n2c(c[n+]1C1O[C@H](C(=O)O)[C@@H](O)[C@H](O)[C@H]1O)CN=C(c1ccccc1F)c1cc(Cl)ccc1-2. The zero-order valence-electron chi connectivity index (χ0n) is 18.4. The van der Waals surface area contributed by atoms with Crippen molar-refractivity contribution in [1.82, 2.24) is 4.57 Å². The van der Waals surface area contributed by atoms with Gasteiger partial charge in [-0.1, -0.05) is 23.7 Å². The molecule has 3 aromatic rings. The summed E-state index contributed by atoms with van der Waals surface area (Å²) < 4.78 is 23.5. The van der Waals surface area contributed by atoms with Gasteiger partial charge in [0.05, 0.1) is 5.71 Å². The maximum Gasteiger partial charge on any atom is 0.335 e. The number of aliphatic carboxylic acids is 1. The van der Waals surface area contributed by atoms with Crippen LogP contribution >= 0.6 is 11.6 Å². The molecule has 5 atom stereocenters. The van der Waals surface area contributed by atoms with Crippen LogP contribution in [0, 0.1) is 12.7 Å². The molecule has 0 bridgehead atoms. The van der Waals surface area contributed by atoms with Gasteiger partial charge in [0.25, 0.3) is 5.82 Å². The fourth-order valence-corrected chi connectivity index (χ4v) is 4.82. The Bertz CT molecular complexity index is 1360. The molecular formula is C24H22ClFN3O6+. The minimum atomic E-state index is -1.80. The minimum Gasteiger partial charge on any atom is -0.479 e. The van der Waals surface area contributed by atoms with Crippen molar-refractivity contribution < 1.29 is 38.9 Å². The van der Waals surface area contributed by atoms with Crippen LogP contribution in [-0.2, 0) is 16.1 Å². The molecule has 5 rings (SSSR count). The number of rotatable bonds is 3. The number of aliphatic imine (C=N–C) groups is 1.